The van der Waals surface area contributed by atoms with Crippen molar-refractivity contribution < 1.29 is 13.2 Å². The lowest BCUT2D eigenvalue weighted by molar-refractivity contribution is 0.100. The highest BCUT2D eigenvalue weighted by molar-refractivity contribution is 7.94. The molecule has 20 heavy (non-hydrogen) atoms. The Labute approximate surface area is 124 Å². The summed E-state index contributed by atoms with van der Waals surface area (Å²) in [6, 6.07) is 3.20. The molecule has 1 amide bonds. The van der Waals surface area contributed by atoms with Gasteiger partial charge >= 0.3 is 0 Å². The fourth-order valence-electron chi connectivity index (χ4n) is 2.33. The number of primary amides is 1. The Morgan fingerprint density at radius 3 is 2.80 bits per heavy atom. The van der Waals surface area contributed by atoms with Crippen molar-refractivity contribution >= 4 is 43.6 Å². The molecule has 106 valence electrons. The molecule has 0 radical (unpaired) electrons. The van der Waals surface area contributed by atoms with E-state index < -0.39 is 15.9 Å². The van der Waals surface area contributed by atoms with Crippen LogP contribution in [-0.2, 0) is 22.9 Å². The number of thiophene rings is 2. The number of nitrogens with one attached hydrogen (secondary N) is 1. The monoisotopic (exact) mass is 328 g/mol. The quantitative estimate of drug-likeness (QED) is 0.901. The fourth-order valence-corrected chi connectivity index (χ4v) is 5.92. The number of carbonyl (C=O) groups is 1. The molecule has 5 nitrogen and oxygen atoms in total. The van der Waals surface area contributed by atoms with E-state index in [1.54, 1.807) is 11.4 Å². The van der Waals surface area contributed by atoms with E-state index in [2.05, 4.69) is 4.72 Å². The number of fused-ring (bicyclic) bond motifs is 1. The van der Waals surface area contributed by atoms with E-state index >= 15 is 0 Å². The minimum absolute atomic E-state index is 0.224. The number of sulfonamides is 1. The van der Waals surface area contributed by atoms with Gasteiger partial charge in [0.2, 0.25) is 0 Å². The second-order valence-corrected chi connectivity index (χ2v) is 8.43. The first-order chi connectivity index (χ1) is 9.49. The highest BCUT2D eigenvalue weighted by Gasteiger charge is 2.28. The zero-order valence-electron chi connectivity index (χ0n) is 10.4. The number of amides is 1. The van der Waals surface area contributed by atoms with Crippen molar-refractivity contribution in [1.82, 2.24) is 0 Å². The number of carbonyl (C=O) groups excluding carboxylic acids is 1. The van der Waals surface area contributed by atoms with Gasteiger partial charge in [0, 0.05) is 4.88 Å². The van der Waals surface area contributed by atoms with Gasteiger partial charge in [-0.3, -0.25) is 9.52 Å². The topological polar surface area (TPSA) is 89.3 Å². The minimum Gasteiger partial charge on any atom is -0.365 e. The zero-order valence-corrected chi connectivity index (χ0v) is 12.8. The van der Waals surface area contributed by atoms with Crippen molar-refractivity contribution in [1.29, 1.82) is 0 Å². The Hall–Kier alpha value is -1.38. The first-order valence-electron chi connectivity index (χ1n) is 5.99. The average molecular weight is 328 g/mol. The van der Waals surface area contributed by atoms with Crippen molar-refractivity contribution in [3.8, 4) is 0 Å². The van der Waals surface area contributed by atoms with E-state index in [-0.39, 0.29) is 4.21 Å². The molecule has 2 aromatic heterocycles. The summed E-state index contributed by atoms with van der Waals surface area (Å²) in [5.74, 6) is -0.576. The Kier molecular flexibility index (Phi) is 3.31. The van der Waals surface area contributed by atoms with Gasteiger partial charge in [-0.15, -0.1) is 22.7 Å². The molecule has 0 saturated heterocycles. The predicted octanol–water partition coefficient (Wildman–Crippen LogP) is 2.20. The van der Waals surface area contributed by atoms with Crippen molar-refractivity contribution in [2.45, 2.75) is 23.5 Å². The van der Waals surface area contributed by atoms with Crippen LogP contribution in [0.3, 0.4) is 0 Å². The smallest absolute Gasteiger partial charge is 0.272 e. The van der Waals surface area contributed by atoms with E-state index in [1.165, 1.54) is 17.4 Å². The Balaban J connectivity index is 2.02. The van der Waals surface area contributed by atoms with Gasteiger partial charge in [0.1, 0.15) is 9.21 Å². The molecule has 2 aromatic rings. The number of anilines is 1. The number of nitrogens with two attached hydrogens (primary N) is 1. The summed E-state index contributed by atoms with van der Waals surface area (Å²) in [4.78, 5) is 12.7. The van der Waals surface area contributed by atoms with Crippen molar-refractivity contribution in [3.63, 3.8) is 0 Å². The summed E-state index contributed by atoms with van der Waals surface area (Å²) in [5, 5.41) is 2.04. The highest BCUT2D eigenvalue weighted by Crippen LogP contribution is 2.39. The Morgan fingerprint density at radius 1 is 1.35 bits per heavy atom. The van der Waals surface area contributed by atoms with Crippen LogP contribution in [0, 0.1) is 0 Å². The standard InChI is InChI=1S/C12H12N2O3S3/c13-11(15)10-7-3-1-4-8(7)19-12(10)14-20(16,17)9-5-2-6-18-9/h2,5-6,14H,1,3-4H2,(H2,13,15). The fraction of sp³-hybridized carbons (Fsp3) is 0.250. The maximum absolute atomic E-state index is 12.2. The average Bonchev–Trinajstić information content (AvgIpc) is 3.02. The van der Waals surface area contributed by atoms with Crippen LogP contribution < -0.4 is 10.5 Å². The minimum atomic E-state index is -3.64. The zero-order chi connectivity index (χ0) is 14.3. The molecule has 3 N–H and O–H groups in total. The molecular formula is C12H12N2O3S3. The van der Waals surface area contributed by atoms with Crippen molar-refractivity contribution in [2.24, 2.45) is 5.73 Å². The third-order valence-corrected chi connectivity index (χ3v) is 7.24. The molecule has 0 spiro atoms. The Bertz CT molecular complexity index is 760. The van der Waals surface area contributed by atoms with E-state index in [0.717, 1.165) is 41.0 Å². The van der Waals surface area contributed by atoms with Crippen LogP contribution in [0.1, 0.15) is 27.2 Å². The maximum Gasteiger partial charge on any atom is 0.272 e. The van der Waals surface area contributed by atoms with Crippen molar-refractivity contribution in [3.05, 3.63) is 33.5 Å². The lowest BCUT2D eigenvalue weighted by atomic mass is 10.1. The van der Waals surface area contributed by atoms with Gasteiger partial charge in [0.25, 0.3) is 15.9 Å². The van der Waals surface area contributed by atoms with Crippen LogP contribution in [0.5, 0.6) is 0 Å². The lowest BCUT2D eigenvalue weighted by Crippen LogP contribution is -2.17. The van der Waals surface area contributed by atoms with Crippen LogP contribution >= 0.6 is 22.7 Å². The van der Waals surface area contributed by atoms with Crippen LogP contribution in [0.2, 0.25) is 0 Å². The van der Waals surface area contributed by atoms with Crippen molar-refractivity contribution in [2.75, 3.05) is 4.72 Å². The molecule has 0 aliphatic heterocycles. The molecule has 8 heteroatoms. The van der Waals surface area contributed by atoms with Gasteiger partial charge in [-0.25, -0.2) is 8.42 Å². The van der Waals surface area contributed by atoms with Crippen LogP contribution in [0.4, 0.5) is 5.00 Å². The molecule has 0 bridgehead atoms. The summed E-state index contributed by atoms with van der Waals surface area (Å²) in [6.07, 6.45) is 2.64. The van der Waals surface area contributed by atoms with E-state index in [1.807, 2.05) is 0 Å². The van der Waals surface area contributed by atoms with E-state index in [9.17, 15) is 13.2 Å². The molecule has 0 unspecified atom stereocenters. The Morgan fingerprint density at radius 2 is 2.15 bits per heavy atom. The molecule has 0 atom stereocenters. The number of aryl methyl sites for hydroxylation is 1. The largest absolute Gasteiger partial charge is 0.365 e. The van der Waals surface area contributed by atoms with Gasteiger partial charge in [0.05, 0.1) is 5.56 Å². The summed E-state index contributed by atoms with van der Waals surface area (Å²) < 4.78 is 27.2. The SMILES string of the molecule is NC(=O)c1c(NS(=O)(=O)c2cccs2)sc2c1CCC2. The third-order valence-electron chi connectivity index (χ3n) is 3.15. The summed E-state index contributed by atoms with van der Waals surface area (Å²) in [6.45, 7) is 0. The van der Waals surface area contributed by atoms with Gasteiger partial charge in [-0.2, -0.15) is 0 Å². The highest BCUT2D eigenvalue weighted by atomic mass is 32.2. The number of hydrogen-bond donors (Lipinski definition) is 2. The molecular weight excluding hydrogens is 316 g/mol. The second kappa shape index (κ2) is 4.87. The molecule has 0 aromatic carbocycles. The third kappa shape index (κ3) is 2.23. The summed E-state index contributed by atoms with van der Waals surface area (Å²) in [7, 11) is -3.64. The first-order valence-corrected chi connectivity index (χ1v) is 9.17. The molecule has 3 rings (SSSR count). The van der Waals surface area contributed by atoms with Crippen LogP contribution in [-0.4, -0.2) is 14.3 Å². The van der Waals surface area contributed by atoms with E-state index in [4.69, 9.17) is 5.73 Å². The molecule has 2 heterocycles. The van der Waals surface area contributed by atoms with Gasteiger partial charge in [-0.05, 0) is 36.3 Å². The first kappa shape index (κ1) is 13.6. The number of rotatable bonds is 4. The molecule has 1 aliphatic rings. The molecule has 1 aliphatic carbocycles. The van der Waals surface area contributed by atoms with Gasteiger partial charge in [0.15, 0.2) is 0 Å². The normalized spacial score (nSPS) is 14.2. The van der Waals surface area contributed by atoms with Crippen LogP contribution in [0.25, 0.3) is 0 Å². The summed E-state index contributed by atoms with van der Waals surface area (Å²) >= 11 is 2.45. The molecule has 0 saturated carbocycles. The van der Waals surface area contributed by atoms with Gasteiger partial charge in [-0.1, -0.05) is 6.07 Å². The second-order valence-electron chi connectivity index (χ2n) is 4.46. The maximum atomic E-state index is 12.2. The van der Waals surface area contributed by atoms with Gasteiger partial charge < -0.3 is 5.73 Å². The molecule has 0 fully saturated rings. The van der Waals surface area contributed by atoms with Crippen LogP contribution in [0.15, 0.2) is 21.7 Å². The lowest BCUT2D eigenvalue weighted by Gasteiger charge is -2.06. The van der Waals surface area contributed by atoms with E-state index in [0.29, 0.717) is 10.6 Å². The predicted molar refractivity (Wildman–Crippen MR) is 80.0 cm³/mol. The number of hydrogen-bond acceptors (Lipinski definition) is 5. The summed E-state index contributed by atoms with van der Waals surface area (Å²) in [5.41, 5.74) is 6.65.